The van der Waals surface area contributed by atoms with Crippen molar-refractivity contribution >= 4 is 17.6 Å². The monoisotopic (exact) mass is 292 g/mol. The minimum absolute atomic E-state index is 0.126. The Morgan fingerprint density at radius 3 is 2.48 bits per heavy atom. The van der Waals surface area contributed by atoms with Gasteiger partial charge in [-0.05, 0) is 25.0 Å². The number of nitrogens with one attached hydrogen (secondary N) is 1. The van der Waals surface area contributed by atoms with Crippen LogP contribution >= 0.6 is 0 Å². The summed E-state index contributed by atoms with van der Waals surface area (Å²) >= 11 is 0. The van der Waals surface area contributed by atoms with E-state index in [-0.39, 0.29) is 11.9 Å². The summed E-state index contributed by atoms with van der Waals surface area (Å²) in [7, 11) is 1.41. The van der Waals surface area contributed by atoms with Gasteiger partial charge in [-0.15, -0.1) is 0 Å². The number of carbonyl (C=O) groups excluding carboxylic acids is 2. The third-order valence-corrected chi connectivity index (χ3v) is 3.28. The fraction of sp³-hybridized carbons (Fsp3) is 0.500. The highest BCUT2D eigenvalue weighted by Gasteiger charge is 2.07. The van der Waals surface area contributed by atoms with E-state index in [2.05, 4.69) is 10.1 Å². The lowest BCUT2D eigenvalue weighted by atomic mass is 10.1. The molecule has 1 aromatic rings. The van der Waals surface area contributed by atoms with E-state index >= 15 is 0 Å². The number of nitrogen functional groups attached to an aromatic ring is 1. The lowest BCUT2D eigenvalue weighted by Crippen LogP contribution is -2.25. The van der Waals surface area contributed by atoms with Crippen LogP contribution in [0.15, 0.2) is 24.3 Å². The molecule has 5 nitrogen and oxygen atoms in total. The molecular weight excluding hydrogens is 268 g/mol. The zero-order valence-corrected chi connectivity index (χ0v) is 12.6. The Kier molecular flexibility index (Phi) is 7.94. The molecule has 0 unspecified atom stereocenters. The fourth-order valence-electron chi connectivity index (χ4n) is 2.03. The van der Waals surface area contributed by atoms with Crippen molar-refractivity contribution in [3.8, 4) is 0 Å². The molecule has 3 N–H and O–H groups in total. The maximum atomic E-state index is 11.9. The van der Waals surface area contributed by atoms with Crippen molar-refractivity contribution in [2.75, 3.05) is 19.4 Å². The topological polar surface area (TPSA) is 81.4 Å². The summed E-state index contributed by atoms with van der Waals surface area (Å²) in [5.74, 6) is -0.276. The van der Waals surface area contributed by atoms with E-state index in [4.69, 9.17) is 5.73 Å². The molecule has 0 aromatic heterocycles. The second kappa shape index (κ2) is 9.80. The number of hydrogen-bond donors (Lipinski definition) is 2. The first-order chi connectivity index (χ1) is 10.1. The van der Waals surface area contributed by atoms with Crippen LogP contribution in [-0.4, -0.2) is 25.5 Å². The summed E-state index contributed by atoms with van der Waals surface area (Å²) in [5, 5.41) is 2.86. The van der Waals surface area contributed by atoms with Crippen molar-refractivity contribution in [3.05, 3.63) is 29.8 Å². The zero-order valence-electron chi connectivity index (χ0n) is 12.6. The molecule has 0 saturated carbocycles. The average Bonchev–Trinajstić information content (AvgIpc) is 2.49. The number of amides is 1. The van der Waals surface area contributed by atoms with Crippen LogP contribution in [0.1, 0.15) is 48.9 Å². The molecule has 1 rings (SSSR count). The van der Waals surface area contributed by atoms with Crippen molar-refractivity contribution in [1.29, 1.82) is 0 Å². The van der Waals surface area contributed by atoms with Gasteiger partial charge in [0.05, 0.1) is 12.7 Å². The highest BCUT2D eigenvalue weighted by atomic mass is 16.5. The van der Waals surface area contributed by atoms with Gasteiger partial charge in [0.2, 0.25) is 0 Å². The molecule has 0 bridgehead atoms. The van der Waals surface area contributed by atoms with Gasteiger partial charge in [-0.25, -0.2) is 0 Å². The molecule has 0 aliphatic heterocycles. The quantitative estimate of drug-likeness (QED) is 0.416. The molecule has 0 radical (unpaired) electrons. The molecule has 0 saturated heterocycles. The van der Waals surface area contributed by atoms with Crippen LogP contribution in [0.25, 0.3) is 0 Å². The van der Waals surface area contributed by atoms with Gasteiger partial charge in [0.15, 0.2) is 0 Å². The molecule has 1 amide bonds. The number of anilines is 1. The Morgan fingerprint density at radius 1 is 1.10 bits per heavy atom. The van der Waals surface area contributed by atoms with Gasteiger partial charge in [0, 0.05) is 18.7 Å². The van der Waals surface area contributed by atoms with E-state index in [0.29, 0.717) is 24.2 Å². The minimum Gasteiger partial charge on any atom is -0.469 e. The summed E-state index contributed by atoms with van der Waals surface area (Å²) in [6.45, 7) is 0.643. The molecule has 0 heterocycles. The van der Waals surface area contributed by atoms with Crippen LogP contribution in [0, 0.1) is 0 Å². The van der Waals surface area contributed by atoms with Gasteiger partial charge in [0.1, 0.15) is 0 Å². The summed E-state index contributed by atoms with van der Waals surface area (Å²) in [4.78, 5) is 22.8. The highest BCUT2D eigenvalue weighted by molar-refractivity contribution is 5.98. The van der Waals surface area contributed by atoms with Gasteiger partial charge in [-0.1, -0.05) is 31.4 Å². The summed E-state index contributed by atoms with van der Waals surface area (Å²) in [5.41, 5.74) is 6.77. The minimum atomic E-state index is -0.150. The number of benzene rings is 1. The van der Waals surface area contributed by atoms with E-state index < -0.39 is 0 Å². The molecule has 0 aliphatic carbocycles. The van der Waals surface area contributed by atoms with E-state index in [1.54, 1.807) is 24.3 Å². The third-order valence-electron chi connectivity index (χ3n) is 3.28. The van der Waals surface area contributed by atoms with Crippen molar-refractivity contribution in [1.82, 2.24) is 5.32 Å². The van der Waals surface area contributed by atoms with Gasteiger partial charge in [-0.3, -0.25) is 9.59 Å². The third kappa shape index (κ3) is 6.79. The van der Waals surface area contributed by atoms with Crippen LogP contribution in [0.3, 0.4) is 0 Å². The first-order valence-corrected chi connectivity index (χ1v) is 7.34. The normalized spacial score (nSPS) is 10.1. The van der Waals surface area contributed by atoms with E-state index in [1.807, 2.05) is 0 Å². The number of carbonyl (C=O) groups is 2. The number of methoxy groups -OCH3 is 1. The average molecular weight is 292 g/mol. The van der Waals surface area contributed by atoms with Crippen molar-refractivity contribution < 1.29 is 14.3 Å². The molecular formula is C16H24N2O3. The van der Waals surface area contributed by atoms with Crippen LogP contribution in [0.4, 0.5) is 5.69 Å². The van der Waals surface area contributed by atoms with E-state index in [0.717, 1.165) is 32.1 Å². The van der Waals surface area contributed by atoms with Crippen molar-refractivity contribution in [2.45, 2.75) is 38.5 Å². The van der Waals surface area contributed by atoms with Gasteiger partial charge in [0.25, 0.3) is 5.91 Å². The van der Waals surface area contributed by atoms with Gasteiger partial charge in [-0.2, -0.15) is 0 Å². The standard InChI is InChI=1S/C16H24N2O3/c1-21-15(19)11-5-3-2-4-8-12-18-16(20)13-9-6-7-10-14(13)17/h6-7,9-10H,2-5,8,11-12,17H2,1H3,(H,18,20). The molecule has 116 valence electrons. The first kappa shape index (κ1) is 17.0. The number of esters is 1. The summed E-state index contributed by atoms with van der Waals surface area (Å²) < 4.78 is 4.58. The number of rotatable bonds is 9. The Labute approximate surface area is 125 Å². The predicted octanol–water partition coefficient (Wildman–Crippen LogP) is 2.51. The fourth-order valence-corrected chi connectivity index (χ4v) is 2.03. The van der Waals surface area contributed by atoms with Gasteiger partial charge >= 0.3 is 5.97 Å². The molecule has 1 aromatic carbocycles. The number of ether oxygens (including phenoxy) is 1. The Bertz CT molecular complexity index is 461. The maximum absolute atomic E-state index is 11.9. The van der Waals surface area contributed by atoms with Crippen LogP contribution in [-0.2, 0) is 9.53 Å². The smallest absolute Gasteiger partial charge is 0.305 e. The largest absolute Gasteiger partial charge is 0.469 e. The molecule has 0 spiro atoms. The molecule has 0 aliphatic rings. The van der Waals surface area contributed by atoms with E-state index in [1.165, 1.54) is 7.11 Å². The number of unbranched alkanes of at least 4 members (excludes halogenated alkanes) is 4. The zero-order chi connectivity index (χ0) is 15.5. The number of hydrogen-bond acceptors (Lipinski definition) is 4. The number of nitrogens with two attached hydrogens (primary N) is 1. The SMILES string of the molecule is COC(=O)CCCCCCCNC(=O)c1ccccc1N. The Balaban J connectivity index is 2.06. The Morgan fingerprint density at radius 2 is 1.76 bits per heavy atom. The van der Waals surface area contributed by atoms with Crippen molar-refractivity contribution in [3.63, 3.8) is 0 Å². The second-order valence-electron chi connectivity index (χ2n) is 4.94. The van der Waals surface area contributed by atoms with Crippen LogP contribution in [0.2, 0.25) is 0 Å². The Hall–Kier alpha value is -2.04. The number of para-hydroxylation sites is 1. The predicted molar refractivity (Wildman–Crippen MR) is 82.9 cm³/mol. The molecule has 5 heteroatoms. The first-order valence-electron chi connectivity index (χ1n) is 7.34. The van der Waals surface area contributed by atoms with Crippen molar-refractivity contribution in [2.24, 2.45) is 0 Å². The van der Waals surface area contributed by atoms with Gasteiger partial charge < -0.3 is 15.8 Å². The summed E-state index contributed by atoms with van der Waals surface area (Å²) in [6.07, 6.45) is 5.37. The lowest BCUT2D eigenvalue weighted by Gasteiger charge is -2.07. The molecule has 21 heavy (non-hydrogen) atoms. The molecule has 0 atom stereocenters. The highest BCUT2D eigenvalue weighted by Crippen LogP contribution is 2.10. The summed E-state index contributed by atoms with van der Waals surface area (Å²) in [6, 6.07) is 7.04. The second-order valence-corrected chi connectivity index (χ2v) is 4.94. The van der Waals surface area contributed by atoms with Crippen LogP contribution < -0.4 is 11.1 Å². The van der Waals surface area contributed by atoms with Crippen LogP contribution in [0.5, 0.6) is 0 Å². The maximum Gasteiger partial charge on any atom is 0.305 e. The van der Waals surface area contributed by atoms with E-state index in [9.17, 15) is 9.59 Å². The molecule has 0 fully saturated rings. The lowest BCUT2D eigenvalue weighted by molar-refractivity contribution is -0.140.